The lowest BCUT2D eigenvalue weighted by Gasteiger charge is -2.47. The Morgan fingerprint density at radius 1 is 1.33 bits per heavy atom. The van der Waals surface area contributed by atoms with Gasteiger partial charge in [-0.05, 0) is 68.7 Å². The van der Waals surface area contributed by atoms with E-state index < -0.39 is 0 Å². The summed E-state index contributed by atoms with van der Waals surface area (Å²) in [5.41, 5.74) is 11.9. The Hall–Kier alpha value is -1.39. The highest BCUT2D eigenvalue weighted by atomic mass is 16.5. The average molecular weight is 373 g/mol. The number of carbonyl (C=O) groups is 1. The van der Waals surface area contributed by atoms with E-state index in [-0.39, 0.29) is 17.6 Å². The van der Waals surface area contributed by atoms with E-state index in [0.29, 0.717) is 12.0 Å². The predicted octanol–water partition coefficient (Wildman–Crippen LogP) is 4.06. The summed E-state index contributed by atoms with van der Waals surface area (Å²) in [6.45, 7) is 12.3. The second-order valence-electron chi connectivity index (χ2n) is 9.09. The van der Waals surface area contributed by atoms with Gasteiger partial charge in [-0.2, -0.15) is 0 Å². The maximum Gasteiger partial charge on any atom is 0.302 e. The van der Waals surface area contributed by atoms with Gasteiger partial charge in [-0.25, -0.2) is 0 Å². The highest BCUT2D eigenvalue weighted by molar-refractivity contribution is 5.66. The van der Waals surface area contributed by atoms with E-state index in [1.165, 1.54) is 29.2 Å². The summed E-state index contributed by atoms with van der Waals surface area (Å²) in [4.78, 5) is 14.4. The van der Waals surface area contributed by atoms with E-state index in [1.807, 2.05) is 0 Å². The van der Waals surface area contributed by atoms with Crippen LogP contribution in [0.15, 0.2) is 12.1 Å². The monoisotopic (exact) mass is 372 g/mol. The third-order valence-corrected chi connectivity index (χ3v) is 6.89. The SMILES string of the molecule is CCC(C)(N)CC[C@@H]1CN2CCc3cc(C)c(C)cc3[C@H]2C[C@H]1OC(C)=O. The zero-order valence-electron chi connectivity index (χ0n) is 17.7. The Morgan fingerprint density at radius 2 is 2.04 bits per heavy atom. The van der Waals surface area contributed by atoms with Crippen LogP contribution in [0.1, 0.15) is 74.8 Å². The Bertz CT molecular complexity index is 698. The zero-order valence-corrected chi connectivity index (χ0v) is 17.7. The number of benzene rings is 1. The molecular formula is C23H36N2O2. The smallest absolute Gasteiger partial charge is 0.302 e. The van der Waals surface area contributed by atoms with E-state index in [2.05, 4.69) is 44.7 Å². The fourth-order valence-electron chi connectivity index (χ4n) is 4.69. The van der Waals surface area contributed by atoms with Crippen LogP contribution < -0.4 is 5.73 Å². The van der Waals surface area contributed by atoms with E-state index >= 15 is 0 Å². The van der Waals surface area contributed by atoms with Crippen LogP contribution >= 0.6 is 0 Å². The van der Waals surface area contributed by atoms with Gasteiger partial charge in [-0.15, -0.1) is 0 Å². The van der Waals surface area contributed by atoms with E-state index in [9.17, 15) is 4.79 Å². The van der Waals surface area contributed by atoms with Gasteiger partial charge < -0.3 is 10.5 Å². The maximum atomic E-state index is 11.8. The maximum absolute atomic E-state index is 11.8. The summed E-state index contributed by atoms with van der Waals surface area (Å²) in [6.07, 6.45) is 4.95. The topological polar surface area (TPSA) is 55.6 Å². The molecule has 2 aliphatic heterocycles. The van der Waals surface area contributed by atoms with Crippen molar-refractivity contribution in [2.75, 3.05) is 13.1 Å². The number of nitrogens with two attached hydrogens (primary N) is 1. The lowest BCUT2D eigenvalue weighted by molar-refractivity contribution is -0.154. The van der Waals surface area contributed by atoms with Gasteiger partial charge in [0.05, 0.1) is 0 Å². The number of hydrogen-bond donors (Lipinski definition) is 1. The molecule has 1 fully saturated rings. The Kier molecular flexibility index (Phi) is 5.97. The van der Waals surface area contributed by atoms with Crippen LogP contribution in [0, 0.1) is 19.8 Å². The minimum absolute atomic E-state index is 0.0102. The van der Waals surface area contributed by atoms with Crippen molar-refractivity contribution in [1.29, 1.82) is 0 Å². The zero-order chi connectivity index (χ0) is 19.8. The van der Waals surface area contributed by atoms with Crippen LogP contribution in [0.2, 0.25) is 0 Å². The van der Waals surface area contributed by atoms with Gasteiger partial charge in [-0.3, -0.25) is 9.69 Å². The molecule has 0 radical (unpaired) electrons. The molecule has 27 heavy (non-hydrogen) atoms. The van der Waals surface area contributed by atoms with Crippen molar-refractivity contribution in [2.24, 2.45) is 11.7 Å². The molecule has 1 unspecified atom stereocenters. The van der Waals surface area contributed by atoms with Crippen molar-refractivity contribution in [3.8, 4) is 0 Å². The summed E-state index contributed by atoms with van der Waals surface area (Å²) in [5, 5.41) is 0. The van der Waals surface area contributed by atoms with Crippen LogP contribution in [-0.2, 0) is 16.0 Å². The summed E-state index contributed by atoms with van der Waals surface area (Å²) in [7, 11) is 0. The molecule has 150 valence electrons. The molecule has 0 aliphatic carbocycles. The van der Waals surface area contributed by atoms with Crippen LogP contribution in [0.25, 0.3) is 0 Å². The number of aryl methyl sites for hydroxylation is 2. The molecule has 0 spiro atoms. The molecule has 2 heterocycles. The summed E-state index contributed by atoms with van der Waals surface area (Å²) < 4.78 is 5.81. The molecule has 1 aromatic rings. The molecule has 0 saturated carbocycles. The lowest BCUT2D eigenvalue weighted by atomic mass is 9.78. The van der Waals surface area contributed by atoms with Crippen molar-refractivity contribution in [3.63, 3.8) is 0 Å². The fraction of sp³-hybridized carbons (Fsp3) is 0.696. The molecule has 1 aromatic carbocycles. The summed E-state index contributed by atoms with van der Waals surface area (Å²) in [6, 6.07) is 5.08. The molecule has 2 aliphatic rings. The molecular weight excluding hydrogens is 336 g/mol. The third-order valence-electron chi connectivity index (χ3n) is 6.89. The van der Waals surface area contributed by atoms with Crippen molar-refractivity contribution in [2.45, 2.75) is 84.4 Å². The first-order valence-corrected chi connectivity index (χ1v) is 10.5. The predicted molar refractivity (Wildman–Crippen MR) is 110 cm³/mol. The Labute approximate surface area is 164 Å². The molecule has 0 amide bonds. The normalized spacial score (nSPS) is 27.4. The standard InChI is InChI=1S/C23H36N2O2/c1-6-23(5,24)9-7-19-14-25-10-8-18-11-15(2)16(3)12-20(18)21(25)13-22(19)27-17(4)26/h11-12,19,21-22H,6-10,13-14,24H2,1-5H3/t19-,21-,22-,23?/m1/s1. The van der Waals surface area contributed by atoms with Gasteiger partial charge in [0, 0.05) is 43.9 Å². The molecule has 4 nitrogen and oxygen atoms in total. The van der Waals surface area contributed by atoms with Crippen molar-refractivity contribution in [1.82, 2.24) is 4.90 Å². The number of esters is 1. The van der Waals surface area contributed by atoms with E-state index in [0.717, 1.165) is 45.2 Å². The second kappa shape index (κ2) is 7.92. The van der Waals surface area contributed by atoms with Crippen molar-refractivity contribution >= 4 is 5.97 Å². The van der Waals surface area contributed by atoms with Gasteiger partial charge in [0.1, 0.15) is 6.10 Å². The van der Waals surface area contributed by atoms with Crippen LogP contribution in [-0.4, -0.2) is 35.6 Å². The van der Waals surface area contributed by atoms with Crippen LogP contribution in [0.3, 0.4) is 0 Å². The van der Waals surface area contributed by atoms with Crippen LogP contribution in [0.4, 0.5) is 0 Å². The summed E-state index contributed by atoms with van der Waals surface area (Å²) in [5.74, 6) is 0.202. The molecule has 4 heteroatoms. The largest absolute Gasteiger partial charge is 0.462 e. The van der Waals surface area contributed by atoms with Crippen LogP contribution in [0.5, 0.6) is 0 Å². The Balaban J connectivity index is 1.81. The minimum atomic E-state index is -0.166. The number of ether oxygens (including phenoxy) is 1. The van der Waals surface area contributed by atoms with Crippen molar-refractivity contribution < 1.29 is 9.53 Å². The van der Waals surface area contributed by atoms with Crippen molar-refractivity contribution in [3.05, 3.63) is 34.4 Å². The number of nitrogens with zero attached hydrogens (tertiary/aromatic N) is 1. The molecule has 2 N–H and O–H groups in total. The van der Waals surface area contributed by atoms with Gasteiger partial charge >= 0.3 is 5.97 Å². The number of carbonyl (C=O) groups excluding carboxylic acids is 1. The van der Waals surface area contributed by atoms with Gasteiger partial charge in [0.2, 0.25) is 0 Å². The summed E-state index contributed by atoms with van der Waals surface area (Å²) >= 11 is 0. The first-order chi connectivity index (χ1) is 12.7. The second-order valence-corrected chi connectivity index (χ2v) is 9.09. The molecule has 3 rings (SSSR count). The molecule has 4 atom stereocenters. The first kappa shape index (κ1) is 20.3. The van der Waals surface area contributed by atoms with Gasteiger partial charge in [0.15, 0.2) is 0 Å². The number of fused-ring (bicyclic) bond motifs is 3. The first-order valence-electron chi connectivity index (χ1n) is 10.5. The number of rotatable bonds is 5. The molecule has 0 aromatic heterocycles. The Morgan fingerprint density at radius 3 is 2.70 bits per heavy atom. The quantitative estimate of drug-likeness (QED) is 0.792. The van der Waals surface area contributed by atoms with Gasteiger partial charge in [-0.1, -0.05) is 19.1 Å². The number of piperidine rings is 1. The molecule has 0 bridgehead atoms. The van der Waals surface area contributed by atoms with E-state index in [4.69, 9.17) is 10.5 Å². The highest BCUT2D eigenvalue weighted by Crippen LogP contribution is 2.41. The fourth-order valence-corrected chi connectivity index (χ4v) is 4.69. The molecule has 1 saturated heterocycles. The highest BCUT2D eigenvalue weighted by Gasteiger charge is 2.40. The average Bonchev–Trinajstić information content (AvgIpc) is 2.61. The number of hydrogen-bond acceptors (Lipinski definition) is 4. The lowest BCUT2D eigenvalue weighted by Crippen LogP contribution is -2.50. The minimum Gasteiger partial charge on any atom is -0.462 e. The van der Waals surface area contributed by atoms with Gasteiger partial charge in [0.25, 0.3) is 0 Å². The van der Waals surface area contributed by atoms with E-state index in [1.54, 1.807) is 0 Å². The third kappa shape index (κ3) is 4.55.